The van der Waals surface area contributed by atoms with Crippen molar-refractivity contribution in [3.63, 3.8) is 0 Å². The van der Waals surface area contributed by atoms with Crippen molar-refractivity contribution in [2.45, 2.75) is 82.7 Å². The Bertz CT molecular complexity index is 2500. The lowest BCUT2D eigenvalue weighted by Gasteiger charge is -2.30. The van der Waals surface area contributed by atoms with E-state index in [2.05, 4.69) is 15.6 Å². The summed E-state index contributed by atoms with van der Waals surface area (Å²) >= 11 is 0. The molecule has 6 aromatic rings. The Morgan fingerprint density at radius 3 is 2.29 bits per heavy atom. The highest BCUT2D eigenvalue weighted by Gasteiger charge is 2.33. The molecule has 5 aromatic carbocycles. The summed E-state index contributed by atoms with van der Waals surface area (Å²) in [6, 6.07) is 39.5. The van der Waals surface area contributed by atoms with Gasteiger partial charge in [0.2, 0.25) is 11.8 Å². The first-order valence-electron chi connectivity index (χ1n) is 20.0. The molecule has 0 aliphatic carbocycles. The predicted molar refractivity (Wildman–Crippen MR) is 232 cm³/mol. The molecule has 304 valence electrons. The largest absolute Gasteiger partial charge is 0.373 e. The summed E-state index contributed by atoms with van der Waals surface area (Å²) in [5.74, 6) is -0.0420. The Morgan fingerprint density at radius 1 is 0.864 bits per heavy atom. The van der Waals surface area contributed by atoms with E-state index < -0.39 is 21.6 Å². The van der Waals surface area contributed by atoms with E-state index >= 15 is 0 Å². The molecule has 10 nitrogen and oxygen atoms in total. The second-order valence-corrected chi connectivity index (χ2v) is 17.7. The molecule has 2 atom stereocenters. The lowest BCUT2D eigenvalue weighted by Crippen LogP contribution is -2.51. The van der Waals surface area contributed by atoms with Gasteiger partial charge >= 0.3 is 0 Å². The maximum atomic E-state index is 14.3. The normalized spacial score (nSPS) is 15.0. The standard InChI is InChI=1S/C48H51N5O5S/c1-34-18-25-40(26-19-34)59(56,57)53-29-28-49-46(53)42-16-10-9-15-41(42)38-22-20-36(21-23-38)32-52-44-17-11-8-14-39(44)24-27-43(47(52)55)51-45(54)30-48(3,4)50-31-35(2)58-33-37-12-6-5-7-13-37/h5-23,25-26,28-29,35,43,50H,24,27,30-33H2,1-4H3,(H,51,54)/t35-,43-/m1/s1. The third-order valence-electron chi connectivity index (χ3n) is 10.7. The number of aryl methyl sites for hydroxylation is 2. The smallest absolute Gasteiger partial charge is 0.269 e. The van der Waals surface area contributed by atoms with Gasteiger partial charge in [-0.1, -0.05) is 115 Å². The van der Waals surface area contributed by atoms with Crippen LogP contribution < -0.4 is 15.5 Å². The van der Waals surface area contributed by atoms with Crippen molar-refractivity contribution in [3.05, 3.63) is 162 Å². The van der Waals surface area contributed by atoms with Crippen LogP contribution in [0.25, 0.3) is 22.5 Å². The van der Waals surface area contributed by atoms with E-state index in [9.17, 15) is 18.0 Å². The monoisotopic (exact) mass is 809 g/mol. The van der Waals surface area contributed by atoms with Crippen molar-refractivity contribution in [2.75, 3.05) is 11.4 Å². The molecular formula is C48H51N5O5S. The molecule has 59 heavy (non-hydrogen) atoms. The zero-order valence-electron chi connectivity index (χ0n) is 34.0. The molecule has 2 N–H and O–H groups in total. The second-order valence-electron chi connectivity index (χ2n) is 15.9. The molecule has 11 heteroatoms. The predicted octanol–water partition coefficient (Wildman–Crippen LogP) is 8.09. The topological polar surface area (TPSA) is 123 Å². The van der Waals surface area contributed by atoms with E-state index in [-0.39, 0.29) is 29.2 Å². The first kappa shape index (κ1) is 41.3. The van der Waals surface area contributed by atoms with Crippen LogP contribution in [0.5, 0.6) is 0 Å². The zero-order chi connectivity index (χ0) is 41.6. The molecule has 0 saturated heterocycles. The number of hydrogen-bond acceptors (Lipinski definition) is 7. The van der Waals surface area contributed by atoms with Gasteiger partial charge in [0, 0.05) is 42.1 Å². The zero-order valence-corrected chi connectivity index (χ0v) is 34.8. The first-order chi connectivity index (χ1) is 28.4. The third kappa shape index (κ3) is 9.88. The van der Waals surface area contributed by atoms with E-state index in [1.807, 2.05) is 131 Å². The van der Waals surface area contributed by atoms with Crippen molar-refractivity contribution in [1.82, 2.24) is 19.6 Å². The fraction of sp³-hybridized carbons (Fsp3) is 0.271. The number of amides is 2. The minimum Gasteiger partial charge on any atom is -0.373 e. The third-order valence-corrected chi connectivity index (χ3v) is 12.4. The van der Waals surface area contributed by atoms with Crippen LogP contribution in [0.2, 0.25) is 0 Å². The van der Waals surface area contributed by atoms with Gasteiger partial charge in [0.25, 0.3) is 10.0 Å². The molecule has 7 rings (SSSR count). The molecule has 0 radical (unpaired) electrons. The molecule has 0 bridgehead atoms. The van der Waals surface area contributed by atoms with Crippen LogP contribution in [0, 0.1) is 6.92 Å². The fourth-order valence-corrected chi connectivity index (χ4v) is 8.71. The molecule has 0 fully saturated rings. The molecule has 0 saturated carbocycles. The van der Waals surface area contributed by atoms with Gasteiger partial charge in [-0.15, -0.1) is 0 Å². The Labute approximate surface area is 347 Å². The van der Waals surface area contributed by atoms with Crippen molar-refractivity contribution >= 4 is 27.5 Å². The number of carbonyl (C=O) groups is 2. The number of nitrogens with zero attached hydrogens (tertiary/aromatic N) is 3. The maximum Gasteiger partial charge on any atom is 0.269 e. The Balaban J connectivity index is 1.04. The van der Waals surface area contributed by atoms with Gasteiger partial charge in [-0.3, -0.25) is 9.59 Å². The average Bonchev–Trinajstić information content (AvgIpc) is 3.70. The maximum absolute atomic E-state index is 14.3. The number of hydrogen-bond donors (Lipinski definition) is 2. The molecule has 1 aliphatic heterocycles. The summed E-state index contributed by atoms with van der Waals surface area (Å²) in [4.78, 5) is 34.3. The second kappa shape index (κ2) is 17.9. The highest BCUT2D eigenvalue weighted by molar-refractivity contribution is 7.90. The van der Waals surface area contributed by atoms with Crippen LogP contribution in [0.15, 0.2) is 145 Å². The molecule has 1 aliphatic rings. The van der Waals surface area contributed by atoms with Crippen LogP contribution in [-0.2, 0) is 43.9 Å². The SMILES string of the molecule is Cc1ccc(S(=O)(=O)n2ccnc2-c2ccccc2-c2ccc(CN3C(=O)[C@H](NC(=O)CC(C)(C)NC[C@@H](C)OCc4ccccc4)CCc4ccccc43)cc2)cc1. The molecule has 2 amide bonds. The minimum absolute atomic E-state index is 0.0607. The quantitative estimate of drug-likeness (QED) is 0.108. The van der Waals surface area contributed by atoms with E-state index in [0.29, 0.717) is 43.9 Å². The number of ether oxygens (including phenoxy) is 1. The van der Waals surface area contributed by atoms with Crippen molar-refractivity contribution in [1.29, 1.82) is 0 Å². The Hall–Kier alpha value is -5.88. The van der Waals surface area contributed by atoms with Crippen molar-refractivity contribution in [2.24, 2.45) is 0 Å². The number of carbonyl (C=O) groups excluding carboxylic acids is 2. The van der Waals surface area contributed by atoms with Gasteiger partial charge in [0.1, 0.15) is 6.04 Å². The number of fused-ring (bicyclic) bond motifs is 1. The number of imidazole rings is 1. The van der Waals surface area contributed by atoms with Crippen LogP contribution in [-0.4, -0.2) is 53.4 Å². The number of nitrogens with one attached hydrogen (secondary N) is 2. The number of anilines is 1. The highest BCUT2D eigenvalue weighted by Crippen LogP contribution is 2.34. The van der Waals surface area contributed by atoms with Crippen LogP contribution in [0.4, 0.5) is 5.69 Å². The summed E-state index contributed by atoms with van der Waals surface area (Å²) in [6.07, 6.45) is 4.23. The molecule has 0 unspecified atom stereocenters. The molecule has 1 aromatic heterocycles. The molecular weight excluding hydrogens is 759 g/mol. The van der Waals surface area contributed by atoms with Gasteiger partial charge in [-0.05, 0) is 86.6 Å². The summed E-state index contributed by atoms with van der Waals surface area (Å²) < 4.78 is 34.7. The summed E-state index contributed by atoms with van der Waals surface area (Å²) in [6.45, 7) is 9.28. The van der Waals surface area contributed by atoms with Gasteiger partial charge in [-0.2, -0.15) is 0 Å². The number of aromatic nitrogens is 2. The van der Waals surface area contributed by atoms with Crippen LogP contribution in [0.3, 0.4) is 0 Å². The Morgan fingerprint density at radius 2 is 1.54 bits per heavy atom. The number of para-hydroxylation sites is 1. The van der Waals surface area contributed by atoms with Crippen molar-refractivity contribution in [3.8, 4) is 22.5 Å². The Kier molecular flexibility index (Phi) is 12.6. The lowest BCUT2D eigenvalue weighted by molar-refractivity contribution is -0.128. The first-order valence-corrected chi connectivity index (χ1v) is 21.5. The van der Waals surface area contributed by atoms with Crippen LogP contribution in [0.1, 0.15) is 55.9 Å². The van der Waals surface area contributed by atoms with Gasteiger partial charge in [-0.25, -0.2) is 17.4 Å². The van der Waals surface area contributed by atoms with E-state index in [0.717, 1.165) is 39.1 Å². The minimum atomic E-state index is -3.90. The van der Waals surface area contributed by atoms with Gasteiger partial charge in [0.05, 0.1) is 24.2 Å². The average molecular weight is 810 g/mol. The number of benzene rings is 5. The fourth-order valence-electron chi connectivity index (χ4n) is 7.41. The summed E-state index contributed by atoms with van der Waals surface area (Å²) in [5, 5.41) is 6.55. The van der Waals surface area contributed by atoms with Crippen LogP contribution >= 0.6 is 0 Å². The van der Waals surface area contributed by atoms with Crippen molar-refractivity contribution < 1.29 is 22.7 Å². The van der Waals surface area contributed by atoms with Gasteiger partial charge in [0.15, 0.2) is 5.82 Å². The highest BCUT2D eigenvalue weighted by atomic mass is 32.2. The van der Waals surface area contributed by atoms with E-state index in [1.54, 1.807) is 29.2 Å². The number of rotatable bonds is 15. The molecule has 2 heterocycles. The molecule has 0 spiro atoms. The van der Waals surface area contributed by atoms with Gasteiger partial charge < -0.3 is 20.3 Å². The van der Waals surface area contributed by atoms with E-state index in [4.69, 9.17) is 4.74 Å². The lowest BCUT2D eigenvalue weighted by atomic mass is 9.98. The summed E-state index contributed by atoms with van der Waals surface area (Å²) in [5.41, 5.74) is 6.68. The summed E-state index contributed by atoms with van der Waals surface area (Å²) in [7, 11) is -3.90. The van der Waals surface area contributed by atoms with E-state index in [1.165, 1.54) is 16.4 Å².